The van der Waals surface area contributed by atoms with Gasteiger partial charge in [-0.05, 0) is 31.0 Å². The summed E-state index contributed by atoms with van der Waals surface area (Å²) in [5, 5.41) is 7.48. The molecule has 2 aliphatic heterocycles. The summed E-state index contributed by atoms with van der Waals surface area (Å²) in [5.41, 5.74) is 1.21. The summed E-state index contributed by atoms with van der Waals surface area (Å²) in [6.45, 7) is 2.01. The molecule has 2 unspecified atom stereocenters. The Labute approximate surface area is 117 Å². The Morgan fingerprint density at radius 1 is 1.25 bits per heavy atom. The summed E-state index contributed by atoms with van der Waals surface area (Å²) in [4.78, 5) is 4.56. The highest BCUT2D eigenvalue weighted by Gasteiger charge is 2.30. The number of benzene rings is 1. The van der Waals surface area contributed by atoms with Crippen molar-refractivity contribution < 1.29 is 9.26 Å². The van der Waals surface area contributed by atoms with Gasteiger partial charge >= 0.3 is 0 Å². The first kappa shape index (κ1) is 11.9. The monoisotopic (exact) mass is 271 g/mol. The second-order valence-electron chi connectivity index (χ2n) is 5.45. The lowest BCUT2D eigenvalue weighted by atomic mass is 10.00. The van der Waals surface area contributed by atoms with Crippen molar-refractivity contribution in [1.82, 2.24) is 15.5 Å². The molecule has 3 heterocycles. The number of hydrogen-bond donors (Lipinski definition) is 1. The molecule has 1 aromatic heterocycles. The average Bonchev–Trinajstić information content (AvgIpc) is 3.14. The summed E-state index contributed by atoms with van der Waals surface area (Å²) in [6.07, 6.45) is 2.98. The fraction of sp³-hybridized carbons (Fsp3) is 0.467. The molecule has 0 amide bonds. The van der Waals surface area contributed by atoms with E-state index in [-0.39, 0.29) is 6.10 Å². The van der Waals surface area contributed by atoms with E-state index in [1.807, 2.05) is 18.2 Å². The molecule has 0 radical (unpaired) electrons. The van der Waals surface area contributed by atoms with E-state index in [1.54, 1.807) is 0 Å². The van der Waals surface area contributed by atoms with Gasteiger partial charge in [-0.3, -0.25) is 0 Å². The van der Waals surface area contributed by atoms with Crippen molar-refractivity contribution in [3.63, 3.8) is 0 Å². The molecule has 2 aromatic rings. The molecule has 1 aromatic carbocycles. The molecule has 5 nitrogen and oxygen atoms in total. The standard InChI is InChI=1S/C15H17N3O2/c1-2-6-12-10(4-1)8-13(19-12)14-17-15(20-18-14)11-5-3-7-16-9-11/h1-2,4,6,11,13,16H,3,5,7-9H2. The Bertz CT molecular complexity index is 580. The van der Waals surface area contributed by atoms with Crippen molar-refractivity contribution in [2.45, 2.75) is 31.3 Å². The van der Waals surface area contributed by atoms with Gasteiger partial charge in [0.1, 0.15) is 5.75 Å². The highest BCUT2D eigenvalue weighted by atomic mass is 16.5. The summed E-state index contributed by atoms with van der Waals surface area (Å²) >= 11 is 0. The van der Waals surface area contributed by atoms with Gasteiger partial charge in [-0.1, -0.05) is 23.4 Å². The number of nitrogens with zero attached hydrogens (tertiary/aromatic N) is 2. The molecule has 20 heavy (non-hydrogen) atoms. The van der Waals surface area contributed by atoms with Crippen molar-refractivity contribution in [3.8, 4) is 5.75 Å². The van der Waals surface area contributed by atoms with Gasteiger partial charge in [0, 0.05) is 13.0 Å². The van der Waals surface area contributed by atoms with Crippen LogP contribution in [0, 0.1) is 0 Å². The first-order chi connectivity index (χ1) is 9.90. The van der Waals surface area contributed by atoms with Crippen LogP contribution in [0.4, 0.5) is 0 Å². The number of para-hydroxylation sites is 1. The highest BCUT2D eigenvalue weighted by molar-refractivity contribution is 5.37. The zero-order valence-electron chi connectivity index (χ0n) is 11.2. The molecule has 1 saturated heterocycles. The highest BCUT2D eigenvalue weighted by Crippen LogP contribution is 2.35. The molecule has 0 bridgehead atoms. The van der Waals surface area contributed by atoms with Gasteiger partial charge in [0.25, 0.3) is 0 Å². The number of piperidine rings is 1. The lowest BCUT2D eigenvalue weighted by Crippen LogP contribution is -2.28. The SMILES string of the molecule is c1ccc2c(c1)CC(c1noc(C3CCCNC3)n1)O2. The molecule has 1 fully saturated rings. The number of rotatable bonds is 2. The quantitative estimate of drug-likeness (QED) is 0.907. The van der Waals surface area contributed by atoms with E-state index in [4.69, 9.17) is 9.26 Å². The summed E-state index contributed by atoms with van der Waals surface area (Å²) in [7, 11) is 0. The number of ether oxygens (including phenoxy) is 1. The van der Waals surface area contributed by atoms with Crippen LogP contribution < -0.4 is 10.1 Å². The zero-order chi connectivity index (χ0) is 13.4. The summed E-state index contributed by atoms with van der Waals surface area (Å²) in [6, 6.07) is 8.08. The second kappa shape index (κ2) is 4.90. The molecule has 104 valence electrons. The predicted molar refractivity (Wildman–Crippen MR) is 72.7 cm³/mol. The molecule has 1 N–H and O–H groups in total. The van der Waals surface area contributed by atoms with E-state index in [9.17, 15) is 0 Å². The van der Waals surface area contributed by atoms with E-state index in [0.717, 1.165) is 44.0 Å². The van der Waals surface area contributed by atoms with Crippen LogP contribution in [-0.2, 0) is 6.42 Å². The van der Waals surface area contributed by atoms with Crippen LogP contribution in [0.15, 0.2) is 28.8 Å². The lowest BCUT2D eigenvalue weighted by Gasteiger charge is -2.18. The number of aromatic nitrogens is 2. The predicted octanol–water partition coefficient (Wildman–Crippen LogP) is 2.21. The van der Waals surface area contributed by atoms with E-state index in [0.29, 0.717) is 11.7 Å². The number of hydrogen-bond acceptors (Lipinski definition) is 5. The van der Waals surface area contributed by atoms with Crippen LogP contribution in [0.1, 0.15) is 42.1 Å². The zero-order valence-corrected chi connectivity index (χ0v) is 11.2. The third kappa shape index (κ3) is 2.08. The van der Waals surface area contributed by atoms with Gasteiger partial charge in [0.05, 0.1) is 5.92 Å². The van der Waals surface area contributed by atoms with E-state index in [1.165, 1.54) is 5.56 Å². The van der Waals surface area contributed by atoms with Gasteiger partial charge in [-0.25, -0.2) is 0 Å². The van der Waals surface area contributed by atoms with Crippen LogP contribution in [0.3, 0.4) is 0 Å². The van der Waals surface area contributed by atoms with Crippen LogP contribution in [0.2, 0.25) is 0 Å². The molecule has 2 atom stereocenters. The van der Waals surface area contributed by atoms with E-state index < -0.39 is 0 Å². The fourth-order valence-corrected chi connectivity index (χ4v) is 2.93. The van der Waals surface area contributed by atoms with Crippen LogP contribution >= 0.6 is 0 Å². The Morgan fingerprint density at radius 2 is 2.20 bits per heavy atom. The minimum absolute atomic E-state index is 0.110. The van der Waals surface area contributed by atoms with E-state index >= 15 is 0 Å². The van der Waals surface area contributed by atoms with Crippen molar-refractivity contribution in [2.24, 2.45) is 0 Å². The molecule has 0 aliphatic carbocycles. The fourth-order valence-electron chi connectivity index (χ4n) is 2.93. The van der Waals surface area contributed by atoms with E-state index in [2.05, 4.69) is 21.5 Å². The molecule has 0 spiro atoms. The van der Waals surface area contributed by atoms with Crippen LogP contribution in [0.5, 0.6) is 5.75 Å². The normalized spacial score (nSPS) is 25.2. The van der Waals surface area contributed by atoms with Crippen LogP contribution in [-0.4, -0.2) is 23.2 Å². The third-order valence-electron chi connectivity index (χ3n) is 4.04. The minimum Gasteiger partial charge on any atom is -0.482 e. The molecule has 4 rings (SSSR count). The summed E-state index contributed by atoms with van der Waals surface area (Å²) in [5.74, 6) is 2.69. The molecular formula is C15H17N3O2. The van der Waals surface area contributed by atoms with Crippen molar-refractivity contribution in [1.29, 1.82) is 0 Å². The number of nitrogens with one attached hydrogen (secondary N) is 1. The maximum Gasteiger partial charge on any atom is 0.231 e. The first-order valence-electron chi connectivity index (χ1n) is 7.19. The van der Waals surface area contributed by atoms with Crippen LogP contribution in [0.25, 0.3) is 0 Å². The van der Waals surface area contributed by atoms with Gasteiger partial charge in [-0.2, -0.15) is 4.98 Å². The Hall–Kier alpha value is -1.88. The van der Waals surface area contributed by atoms with Crippen molar-refractivity contribution >= 4 is 0 Å². The minimum atomic E-state index is -0.110. The Balaban J connectivity index is 1.52. The average molecular weight is 271 g/mol. The largest absolute Gasteiger partial charge is 0.482 e. The summed E-state index contributed by atoms with van der Waals surface area (Å²) < 4.78 is 11.3. The number of fused-ring (bicyclic) bond motifs is 1. The van der Waals surface area contributed by atoms with Gasteiger partial charge in [0.15, 0.2) is 6.10 Å². The molecule has 0 saturated carbocycles. The Kier molecular flexibility index (Phi) is 2.92. The first-order valence-corrected chi connectivity index (χ1v) is 7.19. The van der Waals surface area contributed by atoms with Gasteiger partial charge in [-0.15, -0.1) is 0 Å². The second-order valence-corrected chi connectivity index (χ2v) is 5.45. The molecular weight excluding hydrogens is 254 g/mol. The maximum atomic E-state index is 5.89. The Morgan fingerprint density at radius 3 is 3.05 bits per heavy atom. The maximum absolute atomic E-state index is 5.89. The van der Waals surface area contributed by atoms with Gasteiger partial charge < -0.3 is 14.6 Å². The third-order valence-corrected chi connectivity index (χ3v) is 4.04. The lowest BCUT2D eigenvalue weighted by molar-refractivity contribution is 0.220. The molecule has 5 heteroatoms. The smallest absolute Gasteiger partial charge is 0.231 e. The van der Waals surface area contributed by atoms with Crippen molar-refractivity contribution in [3.05, 3.63) is 41.5 Å². The topological polar surface area (TPSA) is 60.2 Å². The van der Waals surface area contributed by atoms with Crippen molar-refractivity contribution in [2.75, 3.05) is 13.1 Å². The van der Waals surface area contributed by atoms with Gasteiger partial charge in [0.2, 0.25) is 11.7 Å². The molecule has 2 aliphatic rings.